The molecule has 0 radical (unpaired) electrons. The molecule has 3 heteroatoms. The van der Waals surface area contributed by atoms with Crippen molar-refractivity contribution in [3.63, 3.8) is 0 Å². The van der Waals surface area contributed by atoms with Gasteiger partial charge in [0.05, 0.1) is 6.54 Å². The van der Waals surface area contributed by atoms with E-state index in [1.54, 1.807) is 0 Å². The predicted molar refractivity (Wildman–Crippen MR) is 76.4 cm³/mol. The Hall–Kier alpha value is -2.05. The molecule has 1 aromatic carbocycles. The van der Waals surface area contributed by atoms with Crippen LogP contribution in [-0.2, 0) is 6.54 Å². The molecule has 3 nitrogen and oxygen atoms in total. The molecule has 0 atom stereocenters. The fraction of sp³-hybridized carbons (Fsp3) is 0.267. The second-order valence-corrected chi connectivity index (χ2v) is 4.08. The van der Waals surface area contributed by atoms with Gasteiger partial charge < -0.3 is 10.6 Å². The number of fused-ring (bicyclic) bond motifs is 1. The summed E-state index contributed by atoms with van der Waals surface area (Å²) in [5, 5.41) is 2.26. The smallest absolute Gasteiger partial charge is 0.137 e. The van der Waals surface area contributed by atoms with E-state index >= 15 is 0 Å². The van der Waals surface area contributed by atoms with Crippen molar-refractivity contribution in [3.05, 3.63) is 36.0 Å². The fourth-order valence-electron chi connectivity index (χ4n) is 2.10. The van der Waals surface area contributed by atoms with Crippen LogP contribution in [0, 0.1) is 12.3 Å². The van der Waals surface area contributed by atoms with Crippen molar-refractivity contribution in [1.82, 2.24) is 4.98 Å². The molecule has 0 saturated heterocycles. The number of aromatic nitrogens is 1. The van der Waals surface area contributed by atoms with Crippen LogP contribution in [0.3, 0.4) is 0 Å². The first kappa shape index (κ1) is 12.4. The van der Waals surface area contributed by atoms with Gasteiger partial charge >= 0.3 is 0 Å². The van der Waals surface area contributed by atoms with Crippen molar-refractivity contribution in [2.75, 3.05) is 18.0 Å². The van der Waals surface area contributed by atoms with E-state index in [1.165, 1.54) is 0 Å². The normalized spacial score (nSPS) is 10.3. The summed E-state index contributed by atoms with van der Waals surface area (Å²) in [6, 6.07) is 8.17. The van der Waals surface area contributed by atoms with Gasteiger partial charge in [-0.1, -0.05) is 30.2 Å². The van der Waals surface area contributed by atoms with Gasteiger partial charge in [-0.2, -0.15) is 0 Å². The van der Waals surface area contributed by atoms with Crippen LogP contribution in [0.25, 0.3) is 10.8 Å². The van der Waals surface area contributed by atoms with Crippen LogP contribution in [0.15, 0.2) is 30.5 Å². The summed E-state index contributed by atoms with van der Waals surface area (Å²) < 4.78 is 0. The Labute approximate surface area is 108 Å². The zero-order valence-corrected chi connectivity index (χ0v) is 10.6. The molecular formula is C15H17N3. The van der Waals surface area contributed by atoms with E-state index in [0.717, 1.165) is 28.7 Å². The molecule has 0 aliphatic carbocycles. The molecule has 2 N–H and O–H groups in total. The molecule has 0 saturated carbocycles. The van der Waals surface area contributed by atoms with Crippen molar-refractivity contribution in [3.8, 4) is 12.3 Å². The number of benzene rings is 1. The lowest BCUT2D eigenvalue weighted by atomic mass is 10.1. The number of anilines is 1. The molecule has 92 valence electrons. The summed E-state index contributed by atoms with van der Waals surface area (Å²) in [4.78, 5) is 6.60. The number of rotatable bonds is 4. The van der Waals surface area contributed by atoms with E-state index < -0.39 is 0 Å². The lowest BCUT2D eigenvalue weighted by Crippen LogP contribution is -2.24. The van der Waals surface area contributed by atoms with Crippen molar-refractivity contribution in [1.29, 1.82) is 0 Å². The maximum atomic E-state index is 5.75. The van der Waals surface area contributed by atoms with Gasteiger partial charge in [0.1, 0.15) is 5.82 Å². The molecule has 1 aromatic heterocycles. The van der Waals surface area contributed by atoms with Crippen LogP contribution in [-0.4, -0.2) is 18.1 Å². The maximum absolute atomic E-state index is 5.75. The van der Waals surface area contributed by atoms with Gasteiger partial charge in [0.25, 0.3) is 0 Å². The van der Waals surface area contributed by atoms with Crippen molar-refractivity contribution < 1.29 is 0 Å². The van der Waals surface area contributed by atoms with E-state index in [0.29, 0.717) is 13.1 Å². The van der Waals surface area contributed by atoms with Crippen LogP contribution in [0.2, 0.25) is 0 Å². The van der Waals surface area contributed by atoms with Gasteiger partial charge in [0.15, 0.2) is 0 Å². The number of hydrogen-bond donors (Lipinski definition) is 1. The van der Waals surface area contributed by atoms with E-state index in [-0.39, 0.29) is 0 Å². The van der Waals surface area contributed by atoms with Crippen LogP contribution in [0.5, 0.6) is 0 Å². The summed E-state index contributed by atoms with van der Waals surface area (Å²) in [5.41, 5.74) is 6.81. The van der Waals surface area contributed by atoms with E-state index in [1.807, 2.05) is 18.3 Å². The third kappa shape index (κ3) is 2.15. The number of hydrogen-bond acceptors (Lipinski definition) is 3. The van der Waals surface area contributed by atoms with Crippen molar-refractivity contribution in [2.45, 2.75) is 13.5 Å². The molecule has 0 amide bonds. The Kier molecular flexibility index (Phi) is 3.81. The molecule has 2 aromatic rings. The first-order chi connectivity index (χ1) is 8.81. The molecule has 18 heavy (non-hydrogen) atoms. The summed E-state index contributed by atoms with van der Waals surface area (Å²) in [5.74, 6) is 3.61. The SMILES string of the molecule is C#CCN(CC)c1ncc(CN)c2ccccc12. The minimum atomic E-state index is 0.495. The van der Waals surface area contributed by atoms with Gasteiger partial charge in [-0.3, -0.25) is 0 Å². The van der Waals surface area contributed by atoms with E-state index in [2.05, 4.69) is 34.9 Å². The summed E-state index contributed by atoms with van der Waals surface area (Å²) >= 11 is 0. The van der Waals surface area contributed by atoms with Crippen LogP contribution < -0.4 is 10.6 Å². The molecule has 0 fully saturated rings. The number of terminal acetylenes is 1. The molecule has 0 aliphatic rings. The van der Waals surface area contributed by atoms with Gasteiger partial charge in [-0.05, 0) is 17.9 Å². The van der Waals surface area contributed by atoms with Gasteiger partial charge in [0, 0.05) is 24.7 Å². The van der Waals surface area contributed by atoms with Crippen LogP contribution in [0.4, 0.5) is 5.82 Å². The predicted octanol–water partition coefficient (Wildman–Crippen LogP) is 2.15. The Morgan fingerprint density at radius 3 is 2.67 bits per heavy atom. The zero-order chi connectivity index (χ0) is 13.0. The van der Waals surface area contributed by atoms with Crippen molar-refractivity contribution in [2.24, 2.45) is 5.73 Å². The topological polar surface area (TPSA) is 42.2 Å². The lowest BCUT2D eigenvalue weighted by Gasteiger charge is -2.21. The van der Waals surface area contributed by atoms with E-state index in [4.69, 9.17) is 12.2 Å². The molecule has 2 rings (SSSR count). The summed E-state index contributed by atoms with van der Waals surface area (Å²) in [6.07, 6.45) is 7.25. The number of nitrogens with zero attached hydrogens (tertiary/aromatic N) is 2. The standard InChI is InChI=1S/C15H17N3/c1-3-9-18(4-2)15-14-8-6-5-7-13(14)12(10-16)11-17-15/h1,5-8,11H,4,9-10,16H2,2H3. The second-order valence-electron chi connectivity index (χ2n) is 4.08. The Bertz CT molecular complexity index is 584. The highest BCUT2D eigenvalue weighted by atomic mass is 15.2. The van der Waals surface area contributed by atoms with E-state index in [9.17, 15) is 0 Å². The largest absolute Gasteiger partial charge is 0.345 e. The maximum Gasteiger partial charge on any atom is 0.137 e. The van der Waals surface area contributed by atoms with Crippen LogP contribution >= 0.6 is 0 Å². The lowest BCUT2D eigenvalue weighted by molar-refractivity contribution is 0.897. The van der Waals surface area contributed by atoms with Gasteiger partial charge in [-0.25, -0.2) is 4.98 Å². The molecule has 0 spiro atoms. The highest BCUT2D eigenvalue weighted by Crippen LogP contribution is 2.26. The average molecular weight is 239 g/mol. The first-order valence-electron chi connectivity index (χ1n) is 6.07. The molecule has 1 heterocycles. The molecule has 0 unspecified atom stereocenters. The third-order valence-electron chi connectivity index (χ3n) is 3.04. The van der Waals surface area contributed by atoms with Crippen LogP contribution in [0.1, 0.15) is 12.5 Å². The minimum Gasteiger partial charge on any atom is -0.345 e. The second kappa shape index (κ2) is 5.52. The zero-order valence-electron chi connectivity index (χ0n) is 10.6. The quantitative estimate of drug-likeness (QED) is 0.831. The minimum absolute atomic E-state index is 0.495. The monoisotopic (exact) mass is 239 g/mol. The molecular weight excluding hydrogens is 222 g/mol. The third-order valence-corrected chi connectivity index (χ3v) is 3.04. The Balaban J connectivity index is 2.62. The highest BCUT2D eigenvalue weighted by molar-refractivity contribution is 5.94. The van der Waals surface area contributed by atoms with Gasteiger partial charge in [-0.15, -0.1) is 6.42 Å². The number of pyridine rings is 1. The molecule has 0 aliphatic heterocycles. The first-order valence-corrected chi connectivity index (χ1v) is 6.07. The highest BCUT2D eigenvalue weighted by Gasteiger charge is 2.10. The molecule has 0 bridgehead atoms. The summed E-state index contributed by atoms with van der Waals surface area (Å²) in [7, 11) is 0. The Morgan fingerprint density at radius 1 is 1.33 bits per heavy atom. The fourth-order valence-corrected chi connectivity index (χ4v) is 2.10. The Morgan fingerprint density at radius 2 is 2.06 bits per heavy atom. The number of nitrogens with two attached hydrogens (primary N) is 1. The summed E-state index contributed by atoms with van der Waals surface area (Å²) in [6.45, 7) is 3.97. The van der Waals surface area contributed by atoms with Crippen molar-refractivity contribution >= 4 is 16.6 Å². The van der Waals surface area contributed by atoms with Gasteiger partial charge in [0.2, 0.25) is 0 Å². The average Bonchev–Trinajstić information content (AvgIpc) is 2.44.